The zero-order chi connectivity index (χ0) is 26.7. The average molecular weight is 545 g/mol. The van der Waals surface area contributed by atoms with Crippen LogP contribution >= 0.6 is 11.6 Å². The summed E-state index contributed by atoms with van der Waals surface area (Å²) in [6.45, 7) is -0.0995. The highest BCUT2D eigenvalue weighted by molar-refractivity contribution is 7.90. The van der Waals surface area contributed by atoms with Gasteiger partial charge < -0.3 is 20.7 Å². The summed E-state index contributed by atoms with van der Waals surface area (Å²) >= 11 is 5.86. The van der Waals surface area contributed by atoms with Crippen molar-refractivity contribution < 1.29 is 27.6 Å². The van der Waals surface area contributed by atoms with Gasteiger partial charge in [-0.1, -0.05) is 41.0 Å². The number of halogens is 2. The lowest BCUT2D eigenvalue weighted by Crippen LogP contribution is -2.45. The summed E-state index contributed by atoms with van der Waals surface area (Å²) < 4.78 is 39.2. The van der Waals surface area contributed by atoms with Crippen molar-refractivity contribution in [1.29, 1.82) is 0 Å². The van der Waals surface area contributed by atoms with E-state index < -0.39 is 33.6 Å². The van der Waals surface area contributed by atoms with Gasteiger partial charge in [0.1, 0.15) is 11.9 Å². The Morgan fingerprint density at radius 1 is 1.08 bits per heavy atom. The monoisotopic (exact) mass is 544 g/mol. The molecule has 0 unspecified atom stereocenters. The number of hydrogen-bond donors (Lipinski definition) is 3. The molecule has 3 aromatic rings. The van der Waals surface area contributed by atoms with Gasteiger partial charge >= 0.3 is 6.03 Å². The molecule has 1 heterocycles. The van der Waals surface area contributed by atoms with Crippen molar-refractivity contribution in [3.8, 4) is 11.1 Å². The van der Waals surface area contributed by atoms with E-state index >= 15 is 0 Å². The summed E-state index contributed by atoms with van der Waals surface area (Å²) in [6.07, 6.45) is 1.02. The van der Waals surface area contributed by atoms with Gasteiger partial charge in [-0.3, -0.25) is 4.79 Å². The van der Waals surface area contributed by atoms with Crippen LogP contribution in [0.25, 0.3) is 11.1 Å². The molecule has 0 saturated carbocycles. The van der Waals surface area contributed by atoms with Crippen molar-refractivity contribution in [1.82, 2.24) is 4.90 Å². The molecule has 0 radical (unpaired) electrons. The summed E-state index contributed by atoms with van der Waals surface area (Å²) in [5, 5.41) is 18.0. The number of hydrogen-bond acceptors (Lipinski definition) is 6. The molecule has 192 valence electrons. The van der Waals surface area contributed by atoms with E-state index in [1.54, 1.807) is 42.5 Å². The second-order valence-electron chi connectivity index (χ2n) is 8.40. The predicted octanol–water partition coefficient (Wildman–Crippen LogP) is 4.62. The third-order valence-corrected chi connectivity index (χ3v) is 7.19. The van der Waals surface area contributed by atoms with Gasteiger partial charge in [-0.25, -0.2) is 17.6 Å². The number of amides is 3. The van der Waals surface area contributed by atoms with Gasteiger partial charge in [0.05, 0.1) is 22.8 Å². The van der Waals surface area contributed by atoms with Crippen molar-refractivity contribution in [3.05, 3.63) is 77.6 Å². The molecule has 0 bridgehead atoms. The van der Waals surface area contributed by atoms with E-state index in [4.69, 9.17) is 11.6 Å². The molecule has 3 aromatic carbocycles. The van der Waals surface area contributed by atoms with Crippen LogP contribution in [0.4, 0.5) is 20.6 Å². The Morgan fingerprint density at radius 2 is 1.78 bits per heavy atom. The molecule has 1 fully saturated rings. The molecule has 9 nitrogen and oxygen atoms in total. The van der Waals surface area contributed by atoms with Crippen LogP contribution in [0, 0.1) is 5.82 Å². The number of oxime groups is 1. The zero-order valence-electron chi connectivity index (χ0n) is 19.5. The fraction of sp³-hybridized carbons (Fsp3) is 0.160. The molecular formula is C25H22ClFN4O5S. The maximum atomic E-state index is 15.0. The third kappa shape index (κ3) is 5.89. The van der Waals surface area contributed by atoms with E-state index in [2.05, 4.69) is 15.8 Å². The van der Waals surface area contributed by atoms with Crippen molar-refractivity contribution in [3.63, 3.8) is 0 Å². The Morgan fingerprint density at radius 3 is 2.43 bits per heavy atom. The summed E-state index contributed by atoms with van der Waals surface area (Å²) in [4.78, 5) is 27.1. The smallest absolute Gasteiger partial charge is 0.322 e. The first kappa shape index (κ1) is 26.1. The summed E-state index contributed by atoms with van der Waals surface area (Å²) in [6, 6.07) is 14.8. The molecule has 1 aliphatic rings. The van der Waals surface area contributed by atoms with E-state index in [1.165, 1.54) is 23.1 Å². The second kappa shape index (κ2) is 10.6. The SMILES string of the molecule is CS(=O)(=O)c1ccccc1-c1ccc(NC(=O)[C@H]2C/C(=N\O)CN2C(=O)Nc2ccc(Cl)cc2)c(F)c1. The topological polar surface area (TPSA) is 128 Å². The van der Waals surface area contributed by atoms with Gasteiger partial charge in [0.2, 0.25) is 5.91 Å². The van der Waals surface area contributed by atoms with E-state index in [0.717, 1.165) is 12.3 Å². The van der Waals surface area contributed by atoms with Crippen LogP contribution in [0.2, 0.25) is 5.02 Å². The number of sulfone groups is 1. The lowest BCUT2D eigenvalue weighted by Gasteiger charge is -2.24. The quantitative estimate of drug-likeness (QED) is 0.319. The molecule has 1 aliphatic heterocycles. The molecule has 3 amide bonds. The number of likely N-dealkylation sites (tertiary alicyclic amines) is 1. The zero-order valence-corrected chi connectivity index (χ0v) is 21.1. The molecular weight excluding hydrogens is 523 g/mol. The largest absolute Gasteiger partial charge is 0.411 e. The molecule has 0 spiro atoms. The first-order valence-electron chi connectivity index (χ1n) is 11.0. The number of nitrogens with zero attached hydrogens (tertiary/aromatic N) is 2. The van der Waals surface area contributed by atoms with E-state index in [9.17, 15) is 27.6 Å². The third-order valence-electron chi connectivity index (χ3n) is 5.78. The lowest BCUT2D eigenvalue weighted by atomic mass is 10.0. The summed E-state index contributed by atoms with van der Waals surface area (Å²) in [7, 11) is -3.56. The van der Waals surface area contributed by atoms with Crippen LogP contribution in [-0.2, 0) is 14.6 Å². The van der Waals surface area contributed by atoms with Crippen LogP contribution in [0.5, 0.6) is 0 Å². The highest BCUT2D eigenvalue weighted by atomic mass is 35.5. The van der Waals surface area contributed by atoms with E-state index in [1.807, 2.05) is 0 Å². The Kier molecular flexibility index (Phi) is 7.46. The number of nitrogens with one attached hydrogen (secondary N) is 2. The molecule has 12 heteroatoms. The van der Waals surface area contributed by atoms with E-state index in [-0.39, 0.29) is 29.3 Å². The van der Waals surface area contributed by atoms with Crippen LogP contribution in [0.3, 0.4) is 0 Å². The fourth-order valence-electron chi connectivity index (χ4n) is 3.98. The Bertz CT molecular complexity index is 1500. The van der Waals surface area contributed by atoms with Gasteiger partial charge in [-0.2, -0.15) is 0 Å². The summed E-state index contributed by atoms with van der Waals surface area (Å²) in [5.41, 5.74) is 1.14. The van der Waals surface area contributed by atoms with Gasteiger partial charge in [-0.05, 0) is 48.0 Å². The van der Waals surface area contributed by atoms with Crippen LogP contribution in [-0.4, -0.2) is 55.0 Å². The Labute approximate surface area is 217 Å². The highest BCUT2D eigenvalue weighted by Crippen LogP contribution is 2.30. The molecule has 4 rings (SSSR count). The number of carbonyl (C=O) groups is 2. The number of urea groups is 1. The molecule has 0 aliphatic carbocycles. The van der Waals surface area contributed by atoms with Crippen molar-refractivity contribution >= 4 is 50.5 Å². The van der Waals surface area contributed by atoms with Gasteiger partial charge in [0.15, 0.2) is 9.84 Å². The minimum absolute atomic E-state index is 0.0438. The molecule has 37 heavy (non-hydrogen) atoms. The normalized spacial score (nSPS) is 16.6. The minimum atomic E-state index is -3.56. The highest BCUT2D eigenvalue weighted by Gasteiger charge is 2.38. The van der Waals surface area contributed by atoms with Gasteiger partial charge in [0, 0.05) is 29.0 Å². The summed E-state index contributed by atoms with van der Waals surface area (Å²) in [5.74, 6) is -1.48. The van der Waals surface area contributed by atoms with Gasteiger partial charge in [0.25, 0.3) is 0 Å². The molecule has 1 atom stereocenters. The first-order chi connectivity index (χ1) is 17.6. The Balaban J connectivity index is 1.54. The molecule has 0 aromatic heterocycles. The Hall–Kier alpha value is -3.96. The first-order valence-corrected chi connectivity index (χ1v) is 13.3. The molecule has 3 N–H and O–H groups in total. The fourth-order valence-corrected chi connectivity index (χ4v) is 5.02. The number of carbonyl (C=O) groups excluding carboxylic acids is 2. The molecule has 1 saturated heterocycles. The van der Waals surface area contributed by atoms with Crippen molar-refractivity contribution in [2.45, 2.75) is 17.4 Å². The second-order valence-corrected chi connectivity index (χ2v) is 10.8. The van der Waals surface area contributed by atoms with Crippen LogP contribution in [0.1, 0.15) is 6.42 Å². The maximum Gasteiger partial charge on any atom is 0.322 e. The van der Waals surface area contributed by atoms with Crippen molar-refractivity contribution in [2.24, 2.45) is 5.16 Å². The van der Waals surface area contributed by atoms with Gasteiger partial charge in [-0.15, -0.1) is 0 Å². The minimum Gasteiger partial charge on any atom is -0.411 e. The standard InChI is InChI=1S/C25H22ClFN4O5S/c1-37(35,36)23-5-3-2-4-19(23)15-6-11-21(20(27)12-15)29-24(32)22-13-18(30-34)14-31(22)25(33)28-17-9-7-16(26)8-10-17/h2-12,22,34H,13-14H2,1H3,(H,28,33)(H,29,32)/b30-18+/t22-/m1/s1. The average Bonchev–Trinajstić information content (AvgIpc) is 3.31. The number of benzene rings is 3. The maximum absolute atomic E-state index is 15.0. The lowest BCUT2D eigenvalue weighted by molar-refractivity contribution is -0.119. The number of rotatable bonds is 5. The van der Waals surface area contributed by atoms with Crippen molar-refractivity contribution in [2.75, 3.05) is 23.4 Å². The predicted molar refractivity (Wildman–Crippen MR) is 138 cm³/mol. The van der Waals surface area contributed by atoms with E-state index in [0.29, 0.717) is 21.8 Å². The van der Waals surface area contributed by atoms with Crippen LogP contribution < -0.4 is 10.6 Å². The number of anilines is 2. The van der Waals surface area contributed by atoms with Crippen LogP contribution in [0.15, 0.2) is 76.8 Å².